The number of carbonyl (C=O) groups excluding carboxylic acids is 4. The first-order chi connectivity index (χ1) is 12.6. The molecule has 0 aromatic heterocycles. The molecule has 0 N–H and O–H groups in total. The topological polar surface area (TPSA) is 74.8 Å². The molecule has 4 rings (SSSR count). The lowest BCUT2D eigenvalue weighted by Crippen LogP contribution is -2.33. The Labute approximate surface area is 150 Å². The Morgan fingerprint density at radius 1 is 0.500 bits per heavy atom. The molecule has 0 bridgehead atoms. The third kappa shape index (κ3) is 2.42. The van der Waals surface area contributed by atoms with E-state index in [-0.39, 0.29) is 36.7 Å². The number of fused-ring (bicyclic) bond motifs is 2. The van der Waals surface area contributed by atoms with Crippen molar-refractivity contribution in [2.24, 2.45) is 0 Å². The molecule has 4 amide bonds. The van der Waals surface area contributed by atoms with Gasteiger partial charge in [0.1, 0.15) is 0 Å². The van der Waals surface area contributed by atoms with Crippen LogP contribution in [0.2, 0.25) is 0 Å². The molecule has 130 valence electrons. The smallest absolute Gasteiger partial charge is 0.261 e. The highest BCUT2D eigenvalue weighted by atomic mass is 16.2. The molecule has 2 aliphatic rings. The molecule has 2 aliphatic heterocycles. The van der Waals surface area contributed by atoms with Gasteiger partial charge in [0.15, 0.2) is 0 Å². The van der Waals surface area contributed by atoms with Crippen LogP contribution >= 0.6 is 0 Å². The van der Waals surface area contributed by atoms with E-state index in [2.05, 4.69) is 0 Å². The van der Waals surface area contributed by atoms with Gasteiger partial charge >= 0.3 is 0 Å². The van der Waals surface area contributed by atoms with Gasteiger partial charge in [-0.05, 0) is 37.1 Å². The summed E-state index contributed by atoms with van der Waals surface area (Å²) in [6.45, 7) is 0.547. The van der Waals surface area contributed by atoms with Gasteiger partial charge in [-0.3, -0.25) is 29.0 Å². The first-order valence-electron chi connectivity index (χ1n) is 8.50. The van der Waals surface area contributed by atoms with Gasteiger partial charge in [0.25, 0.3) is 23.6 Å². The summed E-state index contributed by atoms with van der Waals surface area (Å²) in [7, 11) is 0. The van der Waals surface area contributed by atoms with Gasteiger partial charge in [-0.25, -0.2) is 0 Å². The summed E-state index contributed by atoms with van der Waals surface area (Å²) in [5.41, 5.74) is 1.71. The van der Waals surface area contributed by atoms with Gasteiger partial charge in [0, 0.05) is 13.1 Å². The Morgan fingerprint density at radius 2 is 0.769 bits per heavy atom. The first-order valence-corrected chi connectivity index (χ1v) is 8.50. The van der Waals surface area contributed by atoms with E-state index in [1.54, 1.807) is 48.5 Å². The maximum Gasteiger partial charge on any atom is 0.261 e. The van der Waals surface area contributed by atoms with Crippen LogP contribution in [0.3, 0.4) is 0 Å². The summed E-state index contributed by atoms with van der Waals surface area (Å²) in [6, 6.07) is 13.5. The summed E-state index contributed by atoms with van der Waals surface area (Å²) in [4.78, 5) is 51.6. The fourth-order valence-corrected chi connectivity index (χ4v) is 3.42. The van der Waals surface area contributed by atoms with E-state index < -0.39 is 0 Å². The lowest BCUT2D eigenvalue weighted by atomic mass is 10.1. The molecule has 0 spiro atoms. The zero-order valence-electron chi connectivity index (χ0n) is 14.0. The molecule has 6 heteroatoms. The van der Waals surface area contributed by atoms with E-state index in [1.165, 1.54) is 9.80 Å². The number of nitrogens with zero attached hydrogens (tertiary/aromatic N) is 2. The van der Waals surface area contributed by atoms with E-state index in [0.29, 0.717) is 35.1 Å². The maximum atomic E-state index is 12.3. The summed E-state index contributed by atoms with van der Waals surface area (Å²) >= 11 is 0. The molecule has 0 aliphatic carbocycles. The first kappa shape index (κ1) is 16.2. The zero-order chi connectivity index (χ0) is 18.3. The largest absolute Gasteiger partial charge is 0.274 e. The predicted octanol–water partition coefficient (Wildman–Crippen LogP) is 2.36. The van der Waals surface area contributed by atoms with Gasteiger partial charge < -0.3 is 0 Å². The molecule has 0 saturated carbocycles. The van der Waals surface area contributed by atoms with Crippen molar-refractivity contribution in [3.8, 4) is 0 Å². The van der Waals surface area contributed by atoms with Gasteiger partial charge in [-0.2, -0.15) is 0 Å². The SMILES string of the molecule is O=C1c2ccccc2C(=O)N1CCCCN1C(=O)c2ccccc2C1=O. The molecule has 0 atom stereocenters. The van der Waals surface area contributed by atoms with Crippen LogP contribution in [-0.4, -0.2) is 46.5 Å². The van der Waals surface area contributed by atoms with Crippen LogP contribution in [0.25, 0.3) is 0 Å². The number of amides is 4. The number of imide groups is 2. The van der Waals surface area contributed by atoms with E-state index in [9.17, 15) is 19.2 Å². The van der Waals surface area contributed by atoms with Crippen LogP contribution < -0.4 is 0 Å². The lowest BCUT2D eigenvalue weighted by Gasteiger charge is -2.16. The van der Waals surface area contributed by atoms with Gasteiger partial charge in [-0.1, -0.05) is 24.3 Å². The van der Waals surface area contributed by atoms with E-state index in [0.717, 1.165) is 0 Å². The molecule has 0 saturated heterocycles. The highest BCUT2D eigenvalue weighted by molar-refractivity contribution is 6.22. The second-order valence-electron chi connectivity index (χ2n) is 6.32. The minimum absolute atomic E-state index is 0.273. The van der Waals surface area contributed by atoms with Gasteiger partial charge in [0.05, 0.1) is 22.3 Å². The predicted molar refractivity (Wildman–Crippen MR) is 92.9 cm³/mol. The highest BCUT2D eigenvalue weighted by Crippen LogP contribution is 2.24. The molecule has 2 heterocycles. The van der Waals surface area contributed by atoms with Crippen molar-refractivity contribution in [2.75, 3.05) is 13.1 Å². The molecule has 26 heavy (non-hydrogen) atoms. The van der Waals surface area contributed by atoms with E-state index in [4.69, 9.17) is 0 Å². The quantitative estimate of drug-likeness (QED) is 0.614. The lowest BCUT2D eigenvalue weighted by molar-refractivity contribution is 0.0615. The third-order valence-electron chi connectivity index (χ3n) is 4.77. The standard InChI is InChI=1S/C20H16N2O4/c23-17-13-7-1-2-8-14(13)18(24)21(17)11-5-6-12-22-19(25)15-9-3-4-10-16(15)20(22)26/h1-4,7-10H,5-6,11-12H2. The average molecular weight is 348 g/mol. The highest BCUT2D eigenvalue weighted by Gasteiger charge is 2.36. The Balaban J connectivity index is 1.35. The zero-order valence-corrected chi connectivity index (χ0v) is 14.0. The Bertz CT molecular complexity index is 803. The fraction of sp³-hybridized carbons (Fsp3) is 0.200. The van der Waals surface area contributed by atoms with Crippen LogP contribution in [0.15, 0.2) is 48.5 Å². The van der Waals surface area contributed by atoms with Gasteiger partial charge in [-0.15, -0.1) is 0 Å². The minimum Gasteiger partial charge on any atom is -0.274 e. The van der Waals surface area contributed by atoms with Crippen molar-refractivity contribution in [1.82, 2.24) is 9.80 Å². The molecular formula is C20H16N2O4. The molecule has 6 nitrogen and oxygen atoms in total. The maximum absolute atomic E-state index is 12.3. The van der Waals surface area contributed by atoms with Crippen LogP contribution in [0.4, 0.5) is 0 Å². The second kappa shape index (κ2) is 6.22. The second-order valence-corrected chi connectivity index (χ2v) is 6.32. The summed E-state index contributed by atoms with van der Waals surface area (Å²) in [5.74, 6) is -1.14. The van der Waals surface area contributed by atoms with Crippen molar-refractivity contribution in [3.63, 3.8) is 0 Å². The van der Waals surface area contributed by atoms with Crippen molar-refractivity contribution < 1.29 is 19.2 Å². The number of unbranched alkanes of at least 4 members (excludes halogenated alkanes) is 1. The Morgan fingerprint density at radius 3 is 1.04 bits per heavy atom. The molecular weight excluding hydrogens is 332 g/mol. The van der Waals surface area contributed by atoms with Gasteiger partial charge in [0.2, 0.25) is 0 Å². The normalized spacial score (nSPS) is 15.7. The van der Waals surface area contributed by atoms with Crippen molar-refractivity contribution in [3.05, 3.63) is 70.8 Å². The van der Waals surface area contributed by atoms with Crippen molar-refractivity contribution in [2.45, 2.75) is 12.8 Å². The summed E-state index contributed by atoms with van der Waals surface area (Å²) < 4.78 is 0. The fourth-order valence-electron chi connectivity index (χ4n) is 3.42. The van der Waals surface area contributed by atoms with E-state index >= 15 is 0 Å². The molecule has 2 aromatic rings. The van der Waals surface area contributed by atoms with Crippen molar-refractivity contribution in [1.29, 1.82) is 0 Å². The Kier molecular flexibility index (Phi) is 3.88. The number of rotatable bonds is 5. The molecule has 0 fully saturated rings. The van der Waals surface area contributed by atoms with Crippen LogP contribution in [0.5, 0.6) is 0 Å². The third-order valence-corrected chi connectivity index (χ3v) is 4.77. The minimum atomic E-state index is -0.286. The van der Waals surface area contributed by atoms with Crippen LogP contribution in [0.1, 0.15) is 54.3 Å². The summed E-state index contributed by atoms with van der Waals surface area (Å²) in [5, 5.41) is 0. The summed E-state index contributed by atoms with van der Waals surface area (Å²) in [6.07, 6.45) is 1.05. The average Bonchev–Trinajstić information content (AvgIpc) is 3.06. The number of hydrogen-bond acceptors (Lipinski definition) is 4. The molecule has 2 aromatic carbocycles. The van der Waals surface area contributed by atoms with E-state index in [1.807, 2.05) is 0 Å². The molecule has 0 radical (unpaired) electrons. The van der Waals surface area contributed by atoms with Crippen LogP contribution in [0, 0.1) is 0 Å². The van der Waals surface area contributed by atoms with Crippen LogP contribution in [-0.2, 0) is 0 Å². The number of hydrogen-bond donors (Lipinski definition) is 0. The van der Waals surface area contributed by atoms with Crippen molar-refractivity contribution >= 4 is 23.6 Å². The monoisotopic (exact) mass is 348 g/mol. The Hall–Kier alpha value is -3.28. The molecule has 0 unspecified atom stereocenters. The number of carbonyl (C=O) groups is 4. The number of benzene rings is 2.